The van der Waals surface area contributed by atoms with Crippen molar-refractivity contribution < 1.29 is 22.4 Å². The van der Waals surface area contributed by atoms with Crippen molar-refractivity contribution in [2.75, 3.05) is 11.4 Å². The minimum absolute atomic E-state index is 0.0939. The first-order chi connectivity index (χ1) is 14.9. The lowest BCUT2D eigenvalue weighted by atomic mass is 9.79. The quantitative estimate of drug-likeness (QED) is 0.340. The second-order valence-electron chi connectivity index (χ2n) is 8.78. The second-order valence-corrected chi connectivity index (χ2v) is 8.78. The average molecular weight is 449 g/mol. The maximum atomic E-state index is 14.8. The summed E-state index contributed by atoms with van der Waals surface area (Å²) in [5, 5.41) is 3.77. The summed E-state index contributed by atoms with van der Waals surface area (Å²) in [4.78, 5) is 14.4. The van der Waals surface area contributed by atoms with Gasteiger partial charge in [-0.2, -0.15) is 18.3 Å². The number of carbonyl (C=O) groups excluding carboxylic acids is 1. The molecule has 0 aliphatic carbocycles. The van der Waals surface area contributed by atoms with E-state index in [0.29, 0.717) is 0 Å². The number of hydrogen-bond acceptors (Lipinski definition) is 3. The van der Waals surface area contributed by atoms with Crippen molar-refractivity contribution >= 4 is 17.8 Å². The lowest BCUT2D eigenvalue weighted by Crippen LogP contribution is -2.48. The molecule has 0 spiro atoms. The highest BCUT2D eigenvalue weighted by molar-refractivity contribution is 5.95. The molecule has 172 valence electrons. The number of benzene rings is 2. The maximum absolute atomic E-state index is 14.8. The Kier molecular flexibility index (Phi) is 6.62. The number of nitrogens with zero attached hydrogens (tertiary/aromatic N) is 2. The predicted octanol–water partition coefficient (Wildman–Crippen LogP) is 6.11. The van der Waals surface area contributed by atoms with Gasteiger partial charge in [0.2, 0.25) is 0 Å². The Balaban J connectivity index is 1.82. The molecule has 1 N–H and O–H groups in total. The van der Waals surface area contributed by atoms with Crippen molar-refractivity contribution in [3.8, 4) is 0 Å². The van der Waals surface area contributed by atoms with Gasteiger partial charge in [0.15, 0.2) is 0 Å². The van der Waals surface area contributed by atoms with Crippen molar-refractivity contribution in [3.63, 3.8) is 0 Å². The van der Waals surface area contributed by atoms with E-state index in [4.69, 9.17) is 0 Å². The fourth-order valence-corrected chi connectivity index (χ4v) is 4.33. The SMILES string of the molecule is CCCN1c2cc(F)c(/C=N\NC(=O)c3cccc(C(F)(F)F)c3)cc2C(C)CC1(C)C. The van der Waals surface area contributed by atoms with Gasteiger partial charge in [0.1, 0.15) is 5.82 Å². The van der Waals surface area contributed by atoms with Crippen LogP contribution in [-0.2, 0) is 6.18 Å². The van der Waals surface area contributed by atoms with Crippen LogP contribution in [0.15, 0.2) is 41.5 Å². The van der Waals surface area contributed by atoms with Gasteiger partial charge in [-0.1, -0.05) is 19.9 Å². The minimum atomic E-state index is -4.55. The topological polar surface area (TPSA) is 44.7 Å². The first kappa shape index (κ1) is 23.8. The van der Waals surface area contributed by atoms with Crippen LogP contribution in [0.25, 0.3) is 0 Å². The summed E-state index contributed by atoms with van der Waals surface area (Å²) in [5.41, 5.74) is 3.03. The van der Waals surface area contributed by atoms with Crippen molar-refractivity contribution in [1.29, 1.82) is 0 Å². The number of amides is 1. The highest BCUT2D eigenvalue weighted by atomic mass is 19.4. The molecule has 0 aromatic heterocycles. The summed E-state index contributed by atoms with van der Waals surface area (Å²) in [6.45, 7) is 9.29. The van der Waals surface area contributed by atoms with Crippen molar-refractivity contribution in [2.24, 2.45) is 5.10 Å². The van der Waals surface area contributed by atoms with E-state index < -0.39 is 23.5 Å². The molecule has 8 heteroatoms. The third-order valence-electron chi connectivity index (χ3n) is 5.77. The van der Waals surface area contributed by atoms with Crippen LogP contribution in [0, 0.1) is 5.82 Å². The van der Waals surface area contributed by atoms with Gasteiger partial charge >= 0.3 is 6.18 Å². The van der Waals surface area contributed by atoms with E-state index in [9.17, 15) is 22.4 Å². The first-order valence-electron chi connectivity index (χ1n) is 10.6. The number of carbonyl (C=O) groups is 1. The zero-order chi connectivity index (χ0) is 23.7. The zero-order valence-corrected chi connectivity index (χ0v) is 18.6. The second kappa shape index (κ2) is 8.92. The van der Waals surface area contributed by atoms with Crippen LogP contribution >= 0.6 is 0 Å². The number of hydrazone groups is 1. The molecule has 3 rings (SSSR count). The summed E-state index contributed by atoms with van der Waals surface area (Å²) >= 11 is 0. The van der Waals surface area contributed by atoms with E-state index in [1.54, 1.807) is 6.07 Å². The van der Waals surface area contributed by atoms with Crippen molar-refractivity contribution in [3.05, 3.63) is 64.5 Å². The van der Waals surface area contributed by atoms with Crippen LogP contribution in [0.4, 0.5) is 23.2 Å². The predicted molar refractivity (Wildman–Crippen MR) is 118 cm³/mol. The van der Waals surface area contributed by atoms with Gasteiger partial charge in [0, 0.05) is 28.9 Å². The van der Waals surface area contributed by atoms with Crippen LogP contribution in [-0.4, -0.2) is 24.2 Å². The van der Waals surface area contributed by atoms with E-state index in [1.807, 2.05) is 0 Å². The van der Waals surface area contributed by atoms with Gasteiger partial charge in [0.25, 0.3) is 5.91 Å². The monoisotopic (exact) mass is 449 g/mol. The number of alkyl halides is 3. The molecule has 1 aliphatic rings. The average Bonchev–Trinajstić information content (AvgIpc) is 2.71. The van der Waals surface area contributed by atoms with Crippen molar-refractivity contribution in [1.82, 2.24) is 5.43 Å². The first-order valence-corrected chi connectivity index (χ1v) is 10.6. The zero-order valence-electron chi connectivity index (χ0n) is 18.6. The normalized spacial score (nSPS) is 18.0. The third kappa shape index (κ3) is 4.95. The lowest BCUT2D eigenvalue weighted by Gasteiger charge is -2.47. The minimum Gasteiger partial charge on any atom is -0.366 e. The molecular weight excluding hydrogens is 422 g/mol. The van der Waals surface area contributed by atoms with E-state index in [-0.39, 0.29) is 22.6 Å². The Morgan fingerprint density at radius 2 is 2.00 bits per heavy atom. The van der Waals surface area contributed by atoms with Gasteiger partial charge in [-0.05, 0) is 68.5 Å². The number of rotatable bonds is 5. The van der Waals surface area contributed by atoms with Gasteiger partial charge in [0.05, 0.1) is 11.8 Å². The van der Waals surface area contributed by atoms with Crippen LogP contribution < -0.4 is 10.3 Å². The number of nitrogens with one attached hydrogen (secondary N) is 1. The largest absolute Gasteiger partial charge is 0.416 e. The van der Waals surface area contributed by atoms with Crippen LogP contribution in [0.5, 0.6) is 0 Å². The molecule has 1 heterocycles. The molecule has 2 aromatic carbocycles. The molecule has 0 fully saturated rings. The molecule has 32 heavy (non-hydrogen) atoms. The standard InChI is InChI=1S/C24H27F4N3O/c1-5-9-31-21-12-20(25)17(11-19(21)15(2)13-23(31,3)4)14-29-30-22(32)16-7-6-8-18(10-16)24(26,27)28/h6-8,10-12,14-15H,5,9,13H2,1-4H3,(H,30,32)/b29-14-. The Bertz CT molecular complexity index is 1030. The molecule has 1 unspecified atom stereocenters. The highest BCUT2D eigenvalue weighted by Gasteiger charge is 2.36. The molecule has 0 saturated carbocycles. The van der Waals surface area contributed by atoms with E-state index in [0.717, 1.165) is 48.8 Å². The number of halogens is 4. The molecule has 0 saturated heterocycles. The molecule has 4 nitrogen and oxygen atoms in total. The van der Waals surface area contributed by atoms with Crippen LogP contribution in [0.1, 0.15) is 73.5 Å². The fraction of sp³-hybridized carbons (Fsp3) is 0.417. The summed E-state index contributed by atoms with van der Waals surface area (Å²) in [6.07, 6.45) is -1.53. The van der Waals surface area contributed by atoms with Gasteiger partial charge in [-0.25, -0.2) is 9.82 Å². The molecule has 1 amide bonds. The third-order valence-corrected chi connectivity index (χ3v) is 5.77. The fourth-order valence-electron chi connectivity index (χ4n) is 4.33. The Labute approximate surface area is 185 Å². The molecule has 0 bridgehead atoms. The van der Waals surface area contributed by atoms with E-state index in [2.05, 4.69) is 43.1 Å². The lowest BCUT2D eigenvalue weighted by molar-refractivity contribution is -0.137. The Morgan fingerprint density at radius 1 is 1.28 bits per heavy atom. The summed E-state index contributed by atoms with van der Waals surface area (Å²) in [5.74, 6) is -1.08. The number of hydrogen-bond donors (Lipinski definition) is 1. The highest BCUT2D eigenvalue weighted by Crippen LogP contribution is 2.44. The van der Waals surface area contributed by atoms with Gasteiger partial charge < -0.3 is 4.90 Å². The van der Waals surface area contributed by atoms with Gasteiger partial charge in [-0.15, -0.1) is 0 Å². The smallest absolute Gasteiger partial charge is 0.366 e. The Morgan fingerprint density at radius 3 is 2.66 bits per heavy atom. The molecule has 0 radical (unpaired) electrons. The number of fused-ring (bicyclic) bond motifs is 1. The van der Waals surface area contributed by atoms with Crippen LogP contribution in [0.3, 0.4) is 0 Å². The molecular formula is C24H27F4N3O. The number of anilines is 1. The Hall–Kier alpha value is -2.90. The maximum Gasteiger partial charge on any atom is 0.416 e. The summed E-state index contributed by atoms with van der Waals surface area (Å²) in [6, 6.07) is 7.26. The van der Waals surface area contributed by atoms with Crippen LogP contribution in [0.2, 0.25) is 0 Å². The van der Waals surface area contributed by atoms with E-state index in [1.165, 1.54) is 18.3 Å². The summed E-state index contributed by atoms with van der Waals surface area (Å²) in [7, 11) is 0. The van der Waals surface area contributed by atoms with E-state index >= 15 is 0 Å². The van der Waals surface area contributed by atoms with Gasteiger partial charge in [-0.3, -0.25) is 4.79 Å². The molecule has 1 aliphatic heterocycles. The molecule has 2 aromatic rings. The summed E-state index contributed by atoms with van der Waals surface area (Å²) < 4.78 is 53.4. The molecule has 1 atom stereocenters. The van der Waals surface area contributed by atoms with Crippen molar-refractivity contribution in [2.45, 2.75) is 58.2 Å².